The number of hydrogen-bond acceptors (Lipinski definition) is 6. The molecule has 2 heterocycles. The Labute approximate surface area is 203 Å². The number of carbonyl (C=O) groups is 2. The average molecular weight is 478 g/mol. The number of aryl methyl sites for hydroxylation is 2. The summed E-state index contributed by atoms with van der Waals surface area (Å²) >= 11 is 1.43. The lowest BCUT2D eigenvalue weighted by Gasteiger charge is -2.25. The first-order valence-electron chi connectivity index (χ1n) is 11.2. The molecule has 3 aromatic rings. The van der Waals surface area contributed by atoms with Crippen molar-refractivity contribution < 1.29 is 24.2 Å². The Morgan fingerprint density at radius 3 is 2.32 bits per heavy atom. The fourth-order valence-corrected chi connectivity index (χ4v) is 5.10. The molecule has 34 heavy (non-hydrogen) atoms. The van der Waals surface area contributed by atoms with Crippen LogP contribution in [0.15, 0.2) is 59.5 Å². The van der Waals surface area contributed by atoms with Crippen LogP contribution in [0.3, 0.4) is 0 Å². The molecular weight excluding hydrogens is 450 g/mol. The molecule has 1 N–H and O–H groups in total. The van der Waals surface area contributed by atoms with Crippen molar-refractivity contribution in [2.75, 3.05) is 18.1 Å². The van der Waals surface area contributed by atoms with E-state index in [-0.39, 0.29) is 11.3 Å². The number of rotatable bonds is 7. The summed E-state index contributed by atoms with van der Waals surface area (Å²) in [4.78, 5) is 28.9. The monoisotopic (exact) mass is 477 g/mol. The Morgan fingerprint density at radius 1 is 1.00 bits per heavy atom. The van der Waals surface area contributed by atoms with Gasteiger partial charge in [0.05, 0.1) is 24.4 Å². The van der Waals surface area contributed by atoms with Gasteiger partial charge in [-0.1, -0.05) is 12.1 Å². The summed E-state index contributed by atoms with van der Waals surface area (Å²) in [5.74, 6) is -0.697. The van der Waals surface area contributed by atoms with E-state index in [0.29, 0.717) is 36.0 Å². The molecule has 1 unspecified atom stereocenters. The average Bonchev–Trinajstić information content (AvgIpc) is 3.40. The van der Waals surface area contributed by atoms with E-state index < -0.39 is 17.7 Å². The summed E-state index contributed by atoms with van der Waals surface area (Å²) in [6, 6.07) is 13.8. The third-order valence-electron chi connectivity index (χ3n) is 5.56. The number of benzene rings is 2. The number of aliphatic hydroxyl groups excluding tert-OH is 1. The van der Waals surface area contributed by atoms with E-state index in [1.807, 2.05) is 63.4 Å². The van der Waals surface area contributed by atoms with E-state index in [0.717, 1.165) is 16.0 Å². The maximum absolute atomic E-state index is 13.3. The first-order chi connectivity index (χ1) is 16.3. The van der Waals surface area contributed by atoms with Crippen molar-refractivity contribution in [1.82, 2.24) is 0 Å². The lowest BCUT2D eigenvalue weighted by atomic mass is 9.99. The number of anilines is 1. The molecule has 0 bridgehead atoms. The zero-order chi connectivity index (χ0) is 24.4. The van der Waals surface area contributed by atoms with Gasteiger partial charge in [0.25, 0.3) is 11.7 Å². The van der Waals surface area contributed by atoms with E-state index in [1.54, 1.807) is 18.2 Å². The molecule has 2 aromatic carbocycles. The quantitative estimate of drug-likeness (QED) is 0.265. The number of nitrogens with zero attached hydrogens (tertiary/aromatic N) is 1. The van der Waals surface area contributed by atoms with Crippen LogP contribution in [-0.2, 0) is 9.59 Å². The summed E-state index contributed by atoms with van der Waals surface area (Å²) in [5.41, 5.74) is 2.95. The molecule has 0 radical (unpaired) electrons. The van der Waals surface area contributed by atoms with E-state index in [4.69, 9.17) is 9.47 Å². The second-order valence-electron chi connectivity index (χ2n) is 8.05. The molecule has 176 valence electrons. The van der Waals surface area contributed by atoms with Crippen molar-refractivity contribution in [3.05, 3.63) is 81.1 Å². The molecule has 1 saturated heterocycles. The number of carbonyl (C=O) groups excluding carboxylic acids is 2. The van der Waals surface area contributed by atoms with Crippen molar-refractivity contribution in [2.24, 2.45) is 0 Å². The second kappa shape index (κ2) is 9.73. The highest BCUT2D eigenvalue weighted by atomic mass is 32.1. The highest BCUT2D eigenvalue weighted by molar-refractivity contribution is 7.10. The Kier molecular flexibility index (Phi) is 6.75. The van der Waals surface area contributed by atoms with E-state index in [1.165, 1.54) is 16.2 Å². The number of Topliss-reactive ketones (excluding diaryl/α,β-unsaturated/α-hetero) is 1. The number of hydrogen-bond donors (Lipinski definition) is 1. The molecule has 1 atom stereocenters. The SMILES string of the molecule is CCOc1ccc(/C(O)=C2/C(=O)C(=O)N(c3cc(C)cc(C)c3)C2c2cccs2)c(OCC)c1. The predicted molar refractivity (Wildman–Crippen MR) is 134 cm³/mol. The molecule has 0 saturated carbocycles. The van der Waals surface area contributed by atoms with Crippen LogP contribution in [0.1, 0.15) is 41.5 Å². The molecule has 1 fully saturated rings. The van der Waals surface area contributed by atoms with Gasteiger partial charge in [0.15, 0.2) is 0 Å². The summed E-state index contributed by atoms with van der Waals surface area (Å²) in [6.07, 6.45) is 0. The minimum Gasteiger partial charge on any atom is -0.507 e. The van der Waals surface area contributed by atoms with E-state index in [2.05, 4.69) is 0 Å². The van der Waals surface area contributed by atoms with Crippen LogP contribution in [0.5, 0.6) is 11.5 Å². The number of ether oxygens (including phenoxy) is 2. The van der Waals surface area contributed by atoms with Crippen LogP contribution < -0.4 is 14.4 Å². The third-order valence-corrected chi connectivity index (χ3v) is 6.49. The molecule has 7 heteroatoms. The summed E-state index contributed by atoms with van der Waals surface area (Å²) in [7, 11) is 0. The molecule has 1 aromatic heterocycles. The standard InChI is InChI=1S/C27H27NO5S/c1-5-32-19-9-10-20(21(15-19)33-6-2)25(29)23-24(22-8-7-11-34-22)28(27(31)26(23)30)18-13-16(3)12-17(4)14-18/h7-15,24,29H,5-6H2,1-4H3/b25-23-. The van der Waals surface area contributed by atoms with Gasteiger partial charge in [-0.15, -0.1) is 11.3 Å². The Bertz CT molecular complexity index is 1240. The van der Waals surface area contributed by atoms with Crippen molar-refractivity contribution >= 4 is 34.5 Å². The van der Waals surface area contributed by atoms with Crippen LogP contribution >= 0.6 is 11.3 Å². The number of aliphatic hydroxyl groups is 1. The van der Waals surface area contributed by atoms with Crippen molar-refractivity contribution in [1.29, 1.82) is 0 Å². The zero-order valence-corrected chi connectivity index (χ0v) is 20.4. The number of thiophene rings is 1. The van der Waals surface area contributed by atoms with E-state index >= 15 is 0 Å². The molecule has 1 aliphatic heterocycles. The van der Waals surface area contributed by atoms with Gasteiger partial charge in [0.1, 0.15) is 23.3 Å². The fourth-order valence-electron chi connectivity index (χ4n) is 4.28. The van der Waals surface area contributed by atoms with Crippen LogP contribution in [-0.4, -0.2) is 30.0 Å². The van der Waals surface area contributed by atoms with Crippen LogP contribution in [0, 0.1) is 13.8 Å². The van der Waals surface area contributed by atoms with Crippen LogP contribution in [0.2, 0.25) is 0 Å². The Morgan fingerprint density at radius 2 is 1.71 bits per heavy atom. The molecule has 6 nitrogen and oxygen atoms in total. The highest BCUT2D eigenvalue weighted by Crippen LogP contribution is 2.45. The van der Waals surface area contributed by atoms with Gasteiger partial charge in [-0.25, -0.2) is 0 Å². The minimum absolute atomic E-state index is 0.0386. The summed E-state index contributed by atoms with van der Waals surface area (Å²) < 4.78 is 11.3. The van der Waals surface area contributed by atoms with Gasteiger partial charge in [0, 0.05) is 16.6 Å². The summed E-state index contributed by atoms with van der Waals surface area (Å²) in [6.45, 7) is 8.45. The van der Waals surface area contributed by atoms with Gasteiger partial charge >= 0.3 is 0 Å². The first kappa shape index (κ1) is 23.6. The van der Waals surface area contributed by atoms with Gasteiger partial charge in [-0.05, 0) is 74.5 Å². The van der Waals surface area contributed by atoms with Crippen molar-refractivity contribution in [3.8, 4) is 11.5 Å². The van der Waals surface area contributed by atoms with Crippen molar-refractivity contribution in [3.63, 3.8) is 0 Å². The summed E-state index contributed by atoms with van der Waals surface area (Å²) in [5, 5.41) is 13.3. The van der Waals surface area contributed by atoms with Crippen LogP contribution in [0.4, 0.5) is 5.69 Å². The maximum atomic E-state index is 13.3. The topological polar surface area (TPSA) is 76.1 Å². The number of ketones is 1. The lowest BCUT2D eigenvalue weighted by molar-refractivity contribution is -0.132. The first-order valence-corrected chi connectivity index (χ1v) is 12.1. The second-order valence-corrected chi connectivity index (χ2v) is 9.03. The molecule has 1 aliphatic rings. The molecule has 4 rings (SSSR count). The fraction of sp³-hybridized carbons (Fsp3) is 0.259. The van der Waals surface area contributed by atoms with Gasteiger partial charge in [-0.3, -0.25) is 14.5 Å². The molecular formula is C27H27NO5S. The third kappa shape index (κ3) is 4.31. The van der Waals surface area contributed by atoms with Gasteiger partial charge < -0.3 is 14.6 Å². The van der Waals surface area contributed by atoms with Crippen LogP contribution in [0.25, 0.3) is 5.76 Å². The smallest absolute Gasteiger partial charge is 0.300 e. The van der Waals surface area contributed by atoms with Gasteiger partial charge in [0.2, 0.25) is 0 Å². The normalized spacial score (nSPS) is 17.3. The Balaban J connectivity index is 1.92. The Hall–Kier alpha value is -3.58. The maximum Gasteiger partial charge on any atom is 0.300 e. The van der Waals surface area contributed by atoms with Gasteiger partial charge in [-0.2, -0.15) is 0 Å². The highest BCUT2D eigenvalue weighted by Gasteiger charge is 2.47. The number of amides is 1. The predicted octanol–water partition coefficient (Wildman–Crippen LogP) is 5.79. The molecule has 1 amide bonds. The zero-order valence-electron chi connectivity index (χ0n) is 19.6. The largest absolute Gasteiger partial charge is 0.507 e. The molecule has 0 spiro atoms. The lowest BCUT2D eigenvalue weighted by Crippen LogP contribution is -2.29. The minimum atomic E-state index is -0.748. The van der Waals surface area contributed by atoms with E-state index in [9.17, 15) is 14.7 Å². The van der Waals surface area contributed by atoms with Crippen molar-refractivity contribution in [2.45, 2.75) is 33.7 Å². The molecule has 0 aliphatic carbocycles.